The summed E-state index contributed by atoms with van der Waals surface area (Å²) in [7, 11) is 3.41. The molecule has 0 bridgehead atoms. The molecule has 0 aliphatic rings. The molecule has 26 heavy (non-hydrogen) atoms. The summed E-state index contributed by atoms with van der Waals surface area (Å²) < 4.78 is 12.4. The smallest absolute Gasteiger partial charge is 0.258 e. The first kappa shape index (κ1) is 17.5. The molecule has 0 aliphatic heterocycles. The first-order valence-corrected chi connectivity index (χ1v) is 8.14. The van der Waals surface area contributed by atoms with Gasteiger partial charge in [-0.05, 0) is 30.3 Å². The standard InChI is InChI=1S/C19H20N4O3/c1-23-16(15-7-5-6-10-20-15)11-14(22-23)12-21-19(24)13-26-18-9-4-3-8-17(18)25-2/h3-11H,12-13H2,1-2H3,(H,21,24). The first-order valence-electron chi connectivity index (χ1n) is 8.14. The quantitative estimate of drug-likeness (QED) is 0.705. The molecule has 2 heterocycles. The van der Waals surface area contributed by atoms with E-state index in [1.165, 1.54) is 0 Å². The van der Waals surface area contributed by atoms with Crippen LogP contribution in [0, 0.1) is 0 Å². The number of carbonyl (C=O) groups is 1. The fourth-order valence-electron chi connectivity index (χ4n) is 2.49. The number of amides is 1. The predicted molar refractivity (Wildman–Crippen MR) is 96.8 cm³/mol. The van der Waals surface area contributed by atoms with Crippen LogP contribution in [0.5, 0.6) is 11.5 Å². The number of aryl methyl sites for hydroxylation is 1. The van der Waals surface area contributed by atoms with Gasteiger partial charge in [-0.3, -0.25) is 14.5 Å². The molecule has 1 aromatic carbocycles. The summed E-state index contributed by atoms with van der Waals surface area (Å²) in [6, 6.07) is 14.8. The van der Waals surface area contributed by atoms with E-state index in [9.17, 15) is 4.79 Å². The minimum Gasteiger partial charge on any atom is -0.493 e. The lowest BCUT2D eigenvalue weighted by atomic mass is 10.2. The molecule has 1 amide bonds. The summed E-state index contributed by atoms with van der Waals surface area (Å²) in [5.74, 6) is 0.881. The van der Waals surface area contributed by atoms with E-state index in [0.717, 1.165) is 17.1 Å². The van der Waals surface area contributed by atoms with E-state index in [-0.39, 0.29) is 12.5 Å². The van der Waals surface area contributed by atoms with Crippen LogP contribution in [0.25, 0.3) is 11.4 Å². The monoisotopic (exact) mass is 352 g/mol. The van der Waals surface area contributed by atoms with Crippen LogP contribution in [0.1, 0.15) is 5.69 Å². The fourth-order valence-corrected chi connectivity index (χ4v) is 2.49. The Bertz CT molecular complexity index is 878. The molecular weight excluding hydrogens is 332 g/mol. The van der Waals surface area contributed by atoms with Crippen molar-refractivity contribution in [3.8, 4) is 22.9 Å². The number of benzene rings is 1. The molecule has 3 aromatic rings. The van der Waals surface area contributed by atoms with Crippen molar-refractivity contribution in [1.29, 1.82) is 0 Å². The number of rotatable bonds is 7. The highest BCUT2D eigenvalue weighted by atomic mass is 16.5. The number of nitrogens with one attached hydrogen (secondary N) is 1. The minimum absolute atomic E-state index is 0.0969. The van der Waals surface area contributed by atoms with Gasteiger partial charge in [-0.2, -0.15) is 5.10 Å². The molecule has 0 saturated heterocycles. The van der Waals surface area contributed by atoms with E-state index in [1.54, 1.807) is 30.1 Å². The van der Waals surface area contributed by atoms with Crippen molar-refractivity contribution in [1.82, 2.24) is 20.1 Å². The van der Waals surface area contributed by atoms with Gasteiger partial charge in [0.1, 0.15) is 0 Å². The van der Waals surface area contributed by atoms with Crippen LogP contribution < -0.4 is 14.8 Å². The summed E-state index contributed by atoms with van der Waals surface area (Å²) in [6.07, 6.45) is 1.74. The van der Waals surface area contributed by atoms with Crippen molar-refractivity contribution in [2.45, 2.75) is 6.54 Å². The lowest BCUT2D eigenvalue weighted by Crippen LogP contribution is -2.28. The first-order chi connectivity index (χ1) is 12.7. The van der Waals surface area contributed by atoms with E-state index in [0.29, 0.717) is 18.0 Å². The minimum atomic E-state index is -0.235. The van der Waals surface area contributed by atoms with E-state index in [2.05, 4.69) is 15.4 Å². The molecule has 0 saturated carbocycles. The van der Waals surface area contributed by atoms with Gasteiger partial charge in [-0.1, -0.05) is 18.2 Å². The maximum atomic E-state index is 12.0. The summed E-state index contributed by atoms with van der Waals surface area (Å²) in [6.45, 7) is 0.217. The second-order valence-corrected chi connectivity index (χ2v) is 5.58. The van der Waals surface area contributed by atoms with Gasteiger partial charge in [0.2, 0.25) is 0 Å². The number of aromatic nitrogens is 3. The molecule has 0 unspecified atom stereocenters. The highest BCUT2D eigenvalue weighted by Crippen LogP contribution is 2.25. The third kappa shape index (κ3) is 4.18. The van der Waals surface area contributed by atoms with Crippen LogP contribution in [0.15, 0.2) is 54.7 Å². The highest BCUT2D eigenvalue weighted by Gasteiger charge is 2.10. The van der Waals surface area contributed by atoms with Crippen molar-refractivity contribution >= 4 is 5.91 Å². The normalized spacial score (nSPS) is 10.4. The number of hydrogen-bond acceptors (Lipinski definition) is 5. The van der Waals surface area contributed by atoms with Crippen molar-refractivity contribution < 1.29 is 14.3 Å². The summed E-state index contributed by atoms with van der Waals surface area (Å²) in [5, 5.41) is 7.20. The van der Waals surface area contributed by atoms with Gasteiger partial charge >= 0.3 is 0 Å². The zero-order chi connectivity index (χ0) is 18.4. The van der Waals surface area contributed by atoms with Gasteiger partial charge in [-0.15, -0.1) is 0 Å². The van der Waals surface area contributed by atoms with Crippen LogP contribution in [0.4, 0.5) is 0 Å². The van der Waals surface area contributed by atoms with Crippen LogP contribution in [-0.4, -0.2) is 34.4 Å². The number of nitrogens with zero attached hydrogens (tertiary/aromatic N) is 3. The molecule has 0 radical (unpaired) electrons. The number of ether oxygens (including phenoxy) is 2. The zero-order valence-corrected chi connectivity index (χ0v) is 14.7. The number of para-hydroxylation sites is 2. The molecule has 3 rings (SSSR count). The number of methoxy groups -OCH3 is 1. The van der Waals surface area contributed by atoms with Crippen molar-refractivity contribution in [2.75, 3.05) is 13.7 Å². The molecule has 0 spiro atoms. The summed E-state index contributed by atoms with van der Waals surface area (Å²) in [4.78, 5) is 16.3. The lowest BCUT2D eigenvalue weighted by Gasteiger charge is -2.10. The summed E-state index contributed by atoms with van der Waals surface area (Å²) >= 11 is 0. The molecule has 7 heteroatoms. The van der Waals surface area contributed by atoms with Crippen LogP contribution >= 0.6 is 0 Å². The Labute approximate surface area is 151 Å². The average Bonchev–Trinajstić information content (AvgIpc) is 3.06. The van der Waals surface area contributed by atoms with E-state index in [1.807, 2.05) is 43.4 Å². The number of pyridine rings is 1. The molecule has 0 fully saturated rings. The van der Waals surface area contributed by atoms with Crippen LogP contribution in [-0.2, 0) is 18.4 Å². The van der Waals surface area contributed by atoms with E-state index >= 15 is 0 Å². The Morgan fingerprint density at radius 3 is 2.65 bits per heavy atom. The second kappa shape index (κ2) is 8.15. The Morgan fingerprint density at radius 1 is 1.15 bits per heavy atom. The van der Waals surface area contributed by atoms with Crippen molar-refractivity contribution in [3.63, 3.8) is 0 Å². The maximum absolute atomic E-state index is 12.0. The van der Waals surface area contributed by atoms with E-state index in [4.69, 9.17) is 9.47 Å². The highest BCUT2D eigenvalue weighted by molar-refractivity contribution is 5.77. The van der Waals surface area contributed by atoms with Crippen molar-refractivity contribution in [2.24, 2.45) is 7.05 Å². The second-order valence-electron chi connectivity index (χ2n) is 5.58. The van der Waals surface area contributed by atoms with E-state index < -0.39 is 0 Å². The van der Waals surface area contributed by atoms with Gasteiger partial charge in [0, 0.05) is 13.2 Å². The molecule has 2 aromatic heterocycles. The largest absolute Gasteiger partial charge is 0.493 e. The Morgan fingerprint density at radius 2 is 1.92 bits per heavy atom. The van der Waals surface area contributed by atoms with Gasteiger partial charge in [0.15, 0.2) is 18.1 Å². The maximum Gasteiger partial charge on any atom is 0.258 e. The zero-order valence-electron chi connectivity index (χ0n) is 14.7. The SMILES string of the molecule is COc1ccccc1OCC(=O)NCc1cc(-c2ccccn2)n(C)n1. The molecule has 0 atom stereocenters. The molecule has 0 aliphatic carbocycles. The Hall–Kier alpha value is -3.35. The molecule has 1 N–H and O–H groups in total. The van der Waals surface area contributed by atoms with Crippen molar-refractivity contribution in [3.05, 3.63) is 60.4 Å². The molecule has 7 nitrogen and oxygen atoms in total. The predicted octanol–water partition coefficient (Wildman–Crippen LogP) is 2.19. The number of hydrogen-bond donors (Lipinski definition) is 1. The Balaban J connectivity index is 1.55. The van der Waals surface area contributed by atoms with Gasteiger partial charge in [0.25, 0.3) is 5.91 Å². The third-order valence-electron chi connectivity index (χ3n) is 3.75. The van der Waals surface area contributed by atoms with Gasteiger partial charge < -0.3 is 14.8 Å². The number of carbonyl (C=O) groups excluding carboxylic acids is 1. The third-order valence-corrected chi connectivity index (χ3v) is 3.75. The van der Waals surface area contributed by atoms with Crippen LogP contribution in [0.3, 0.4) is 0 Å². The summed E-state index contributed by atoms with van der Waals surface area (Å²) in [5.41, 5.74) is 2.47. The topological polar surface area (TPSA) is 78.3 Å². The fraction of sp³-hybridized carbons (Fsp3) is 0.211. The van der Waals surface area contributed by atoms with Gasteiger partial charge in [-0.25, -0.2) is 0 Å². The van der Waals surface area contributed by atoms with Crippen LogP contribution in [0.2, 0.25) is 0 Å². The molecular formula is C19H20N4O3. The van der Waals surface area contributed by atoms with Gasteiger partial charge in [0.05, 0.1) is 30.7 Å². The molecule has 134 valence electrons. The average molecular weight is 352 g/mol. The Kier molecular flexibility index (Phi) is 5.48. The lowest BCUT2D eigenvalue weighted by molar-refractivity contribution is -0.123.